The molecule has 2 aliphatic rings. The van der Waals surface area contributed by atoms with Gasteiger partial charge < -0.3 is 5.32 Å². The molecule has 2 heterocycles. The topological polar surface area (TPSA) is 46.0 Å². The van der Waals surface area contributed by atoms with Gasteiger partial charge in [-0.05, 0) is 37.2 Å². The van der Waals surface area contributed by atoms with E-state index < -0.39 is 0 Å². The summed E-state index contributed by atoms with van der Waals surface area (Å²) in [5.41, 5.74) is 2.49. The Bertz CT molecular complexity index is 668. The van der Waals surface area contributed by atoms with Crippen molar-refractivity contribution in [3.05, 3.63) is 47.8 Å². The van der Waals surface area contributed by atoms with Gasteiger partial charge in [0.05, 0.1) is 18.4 Å². The van der Waals surface area contributed by atoms with Crippen LogP contribution in [-0.4, -0.2) is 39.0 Å². The minimum Gasteiger partial charge on any atom is -0.308 e. The van der Waals surface area contributed by atoms with Crippen LogP contribution in [0, 0.1) is 11.8 Å². The molecule has 1 aromatic heterocycles. The third-order valence-electron chi connectivity index (χ3n) is 5.84. The van der Waals surface area contributed by atoms with E-state index in [2.05, 4.69) is 57.7 Å². The van der Waals surface area contributed by atoms with Crippen molar-refractivity contribution in [2.24, 2.45) is 11.8 Å². The molecule has 0 amide bonds. The lowest BCUT2D eigenvalue weighted by Crippen LogP contribution is -2.42. The third kappa shape index (κ3) is 3.93. The molecule has 5 nitrogen and oxygen atoms in total. The van der Waals surface area contributed by atoms with Crippen LogP contribution in [0.4, 0.5) is 0 Å². The van der Waals surface area contributed by atoms with Crippen molar-refractivity contribution in [2.75, 3.05) is 13.1 Å². The van der Waals surface area contributed by atoms with Gasteiger partial charge in [0.1, 0.15) is 0 Å². The Kier molecular flexibility index (Phi) is 5.13. The lowest BCUT2D eigenvalue weighted by molar-refractivity contribution is 0.220. The second-order valence-electron chi connectivity index (χ2n) is 7.55. The van der Waals surface area contributed by atoms with E-state index in [0.29, 0.717) is 6.04 Å². The normalized spacial score (nSPS) is 26.7. The van der Waals surface area contributed by atoms with E-state index in [4.69, 9.17) is 0 Å². The molecule has 0 spiro atoms. The van der Waals surface area contributed by atoms with E-state index in [1.54, 1.807) is 4.80 Å². The number of rotatable bonds is 6. The highest BCUT2D eigenvalue weighted by atomic mass is 15.5. The van der Waals surface area contributed by atoms with Crippen molar-refractivity contribution in [3.8, 4) is 0 Å². The summed E-state index contributed by atoms with van der Waals surface area (Å²) >= 11 is 0. The van der Waals surface area contributed by atoms with E-state index in [1.807, 2.05) is 6.20 Å². The van der Waals surface area contributed by atoms with Crippen LogP contribution in [0.3, 0.4) is 0 Å². The Morgan fingerprint density at radius 1 is 1.16 bits per heavy atom. The van der Waals surface area contributed by atoms with Crippen LogP contribution < -0.4 is 5.32 Å². The van der Waals surface area contributed by atoms with Gasteiger partial charge in [0, 0.05) is 32.2 Å². The summed E-state index contributed by atoms with van der Waals surface area (Å²) in [7, 11) is 0. The minimum atomic E-state index is 0.617. The average Bonchev–Trinajstić information content (AvgIpc) is 3.27. The Labute approximate surface area is 150 Å². The van der Waals surface area contributed by atoms with E-state index in [-0.39, 0.29) is 0 Å². The van der Waals surface area contributed by atoms with Gasteiger partial charge in [-0.25, -0.2) is 0 Å². The summed E-state index contributed by atoms with van der Waals surface area (Å²) in [6.07, 6.45) is 5.93. The molecule has 1 saturated carbocycles. The van der Waals surface area contributed by atoms with Crippen molar-refractivity contribution >= 4 is 0 Å². The van der Waals surface area contributed by atoms with E-state index in [9.17, 15) is 0 Å². The zero-order valence-electron chi connectivity index (χ0n) is 15.1. The standard InChI is InChI=1S/C20H29N5/c1-2-25-22-12-18(23-25)11-21-20-10-6-9-17-14-24(15-19(17)20)13-16-7-4-3-5-8-16/h3-5,7-8,12,17,19-21H,2,6,9-11,13-15H2,1H3. The van der Waals surface area contributed by atoms with E-state index in [1.165, 1.54) is 37.9 Å². The number of aromatic nitrogens is 3. The molecule has 1 saturated heterocycles. The van der Waals surface area contributed by atoms with Crippen molar-refractivity contribution in [2.45, 2.75) is 51.9 Å². The van der Waals surface area contributed by atoms with Crippen molar-refractivity contribution in [3.63, 3.8) is 0 Å². The van der Waals surface area contributed by atoms with Crippen LogP contribution in [0.1, 0.15) is 37.4 Å². The molecule has 4 rings (SSSR count). The van der Waals surface area contributed by atoms with Gasteiger partial charge in [-0.1, -0.05) is 36.8 Å². The molecule has 0 bridgehead atoms. The molecule has 2 fully saturated rings. The first-order valence-electron chi connectivity index (χ1n) is 9.70. The second-order valence-corrected chi connectivity index (χ2v) is 7.55. The smallest absolute Gasteiger partial charge is 0.0965 e. The zero-order valence-corrected chi connectivity index (χ0v) is 15.1. The van der Waals surface area contributed by atoms with Crippen LogP contribution in [0.25, 0.3) is 0 Å². The fourth-order valence-corrected chi connectivity index (χ4v) is 4.59. The summed E-state index contributed by atoms with van der Waals surface area (Å²) < 4.78 is 0. The Hall–Kier alpha value is -1.72. The highest BCUT2D eigenvalue weighted by Crippen LogP contribution is 2.37. The number of likely N-dealkylation sites (tertiary alicyclic amines) is 1. The lowest BCUT2D eigenvalue weighted by Gasteiger charge is -2.33. The third-order valence-corrected chi connectivity index (χ3v) is 5.84. The second kappa shape index (κ2) is 7.67. The molecule has 25 heavy (non-hydrogen) atoms. The quantitative estimate of drug-likeness (QED) is 0.879. The molecular formula is C20H29N5. The molecule has 5 heteroatoms. The van der Waals surface area contributed by atoms with Gasteiger partial charge >= 0.3 is 0 Å². The number of hydrogen-bond donors (Lipinski definition) is 1. The van der Waals surface area contributed by atoms with Crippen LogP contribution in [0.2, 0.25) is 0 Å². The SMILES string of the molecule is CCn1ncc(CNC2CCCC3CN(Cc4ccccc4)CC32)n1. The predicted molar refractivity (Wildman–Crippen MR) is 98.9 cm³/mol. The zero-order chi connectivity index (χ0) is 17.1. The van der Waals surface area contributed by atoms with Gasteiger partial charge in [0.15, 0.2) is 0 Å². The Morgan fingerprint density at radius 3 is 2.84 bits per heavy atom. The van der Waals surface area contributed by atoms with Gasteiger partial charge in [0.25, 0.3) is 0 Å². The summed E-state index contributed by atoms with van der Waals surface area (Å²) in [5.74, 6) is 1.62. The van der Waals surface area contributed by atoms with Crippen molar-refractivity contribution in [1.82, 2.24) is 25.2 Å². The monoisotopic (exact) mass is 339 g/mol. The van der Waals surface area contributed by atoms with Crippen LogP contribution in [0.5, 0.6) is 0 Å². The Morgan fingerprint density at radius 2 is 2.04 bits per heavy atom. The van der Waals surface area contributed by atoms with Gasteiger partial charge in [-0.2, -0.15) is 15.0 Å². The maximum atomic E-state index is 4.50. The van der Waals surface area contributed by atoms with Crippen LogP contribution in [0.15, 0.2) is 36.5 Å². The summed E-state index contributed by atoms with van der Waals surface area (Å²) in [4.78, 5) is 4.41. The molecule has 1 aliphatic heterocycles. The maximum absolute atomic E-state index is 4.50. The highest BCUT2D eigenvalue weighted by Gasteiger charge is 2.39. The highest BCUT2D eigenvalue weighted by molar-refractivity contribution is 5.15. The number of nitrogens with one attached hydrogen (secondary N) is 1. The number of nitrogens with zero attached hydrogens (tertiary/aromatic N) is 4. The average molecular weight is 339 g/mol. The number of benzene rings is 1. The molecule has 1 aliphatic carbocycles. The van der Waals surface area contributed by atoms with Crippen molar-refractivity contribution in [1.29, 1.82) is 0 Å². The number of hydrogen-bond acceptors (Lipinski definition) is 4. The van der Waals surface area contributed by atoms with E-state index >= 15 is 0 Å². The molecule has 1 aromatic carbocycles. The lowest BCUT2D eigenvalue weighted by atomic mass is 9.78. The molecule has 1 N–H and O–H groups in total. The molecule has 3 atom stereocenters. The maximum Gasteiger partial charge on any atom is 0.0965 e. The fourth-order valence-electron chi connectivity index (χ4n) is 4.59. The van der Waals surface area contributed by atoms with E-state index in [0.717, 1.165) is 37.2 Å². The molecule has 2 aromatic rings. The molecule has 3 unspecified atom stereocenters. The Balaban J connectivity index is 1.34. The van der Waals surface area contributed by atoms with Gasteiger partial charge in [0.2, 0.25) is 0 Å². The van der Waals surface area contributed by atoms with Crippen LogP contribution in [-0.2, 0) is 19.6 Å². The summed E-state index contributed by atoms with van der Waals surface area (Å²) in [5, 5.41) is 12.6. The summed E-state index contributed by atoms with van der Waals surface area (Å²) in [6, 6.07) is 11.5. The molecule has 134 valence electrons. The largest absolute Gasteiger partial charge is 0.308 e. The summed E-state index contributed by atoms with van der Waals surface area (Å²) in [6.45, 7) is 7.31. The minimum absolute atomic E-state index is 0.617. The predicted octanol–water partition coefficient (Wildman–Crippen LogP) is 2.69. The first kappa shape index (κ1) is 16.7. The number of aryl methyl sites for hydroxylation is 1. The molecular weight excluding hydrogens is 310 g/mol. The first-order chi connectivity index (χ1) is 12.3. The molecule has 0 radical (unpaired) electrons. The van der Waals surface area contributed by atoms with Crippen LogP contribution >= 0.6 is 0 Å². The fraction of sp³-hybridized carbons (Fsp3) is 0.600. The first-order valence-corrected chi connectivity index (χ1v) is 9.70. The number of fused-ring (bicyclic) bond motifs is 1. The van der Waals surface area contributed by atoms with Crippen molar-refractivity contribution < 1.29 is 0 Å². The van der Waals surface area contributed by atoms with Gasteiger partial charge in [-0.3, -0.25) is 4.90 Å². The van der Waals surface area contributed by atoms with Gasteiger partial charge in [-0.15, -0.1) is 0 Å².